The number of aryl methyl sites for hydroxylation is 1. The lowest BCUT2D eigenvalue weighted by atomic mass is 10.1. The molecular formula is C22H26N4OS3. The first-order chi connectivity index (χ1) is 14.5. The SMILES string of the molecule is CC(=O)N(c1nn(CN(CCc2ccccc2)Cc2ccc(C)s2)c(=S)s1)C1CC1. The van der Waals surface area contributed by atoms with E-state index >= 15 is 0 Å². The van der Waals surface area contributed by atoms with Gasteiger partial charge in [-0.25, -0.2) is 4.68 Å². The van der Waals surface area contributed by atoms with Gasteiger partial charge in [0, 0.05) is 35.8 Å². The summed E-state index contributed by atoms with van der Waals surface area (Å²) < 4.78 is 2.59. The first-order valence-corrected chi connectivity index (χ1v) is 12.2. The van der Waals surface area contributed by atoms with Gasteiger partial charge in [0.05, 0.1) is 6.67 Å². The quantitative estimate of drug-likeness (QED) is 0.410. The van der Waals surface area contributed by atoms with Crippen LogP contribution in [0.2, 0.25) is 0 Å². The minimum absolute atomic E-state index is 0.0448. The third kappa shape index (κ3) is 5.43. The summed E-state index contributed by atoms with van der Waals surface area (Å²) in [5.74, 6) is 0.0448. The molecule has 1 aromatic carbocycles. The minimum atomic E-state index is 0.0448. The summed E-state index contributed by atoms with van der Waals surface area (Å²) in [6.45, 7) is 6.14. The van der Waals surface area contributed by atoms with E-state index in [1.165, 1.54) is 26.7 Å². The third-order valence-electron chi connectivity index (χ3n) is 5.12. The molecule has 1 amide bonds. The van der Waals surface area contributed by atoms with Crippen molar-refractivity contribution in [1.29, 1.82) is 0 Å². The number of hydrogen-bond acceptors (Lipinski definition) is 6. The number of aromatic nitrogens is 2. The van der Waals surface area contributed by atoms with Crippen LogP contribution < -0.4 is 4.90 Å². The highest BCUT2D eigenvalue weighted by Crippen LogP contribution is 2.33. The Morgan fingerprint density at radius 2 is 1.97 bits per heavy atom. The average Bonchev–Trinajstić information content (AvgIpc) is 3.36. The van der Waals surface area contributed by atoms with Crippen molar-refractivity contribution < 1.29 is 4.79 Å². The van der Waals surface area contributed by atoms with Gasteiger partial charge in [0.1, 0.15) is 0 Å². The molecule has 0 N–H and O–H groups in total. The summed E-state index contributed by atoms with van der Waals surface area (Å²) in [6.07, 6.45) is 3.07. The molecule has 3 aromatic rings. The number of rotatable bonds is 9. The van der Waals surface area contributed by atoms with Crippen LogP contribution in [0.1, 0.15) is 35.1 Å². The molecule has 0 unspecified atom stereocenters. The van der Waals surface area contributed by atoms with Gasteiger partial charge in [-0.3, -0.25) is 14.6 Å². The zero-order chi connectivity index (χ0) is 21.1. The number of nitrogens with zero attached hydrogens (tertiary/aromatic N) is 4. The number of anilines is 1. The lowest BCUT2D eigenvalue weighted by molar-refractivity contribution is -0.116. The van der Waals surface area contributed by atoms with Crippen molar-refractivity contribution in [1.82, 2.24) is 14.7 Å². The highest BCUT2D eigenvalue weighted by molar-refractivity contribution is 7.73. The molecule has 4 rings (SSSR count). The lowest BCUT2D eigenvalue weighted by Gasteiger charge is -2.22. The molecule has 0 atom stereocenters. The van der Waals surface area contributed by atoms with Crippen LogP contribution in [0.3, 0.4) is 0 Å². The van der Waals surface area contributed by atoms with Crippen LogP contribution in [0, 0.1) is 10.9 Å². The number of amides is 1. The maximum Gasteiger partial charge on any atom is 0.225 e. The number of hydrogen-bond donors (Lipinski definition) is 0. The van der Waals surface area contributed by atoms with Crippen LogP contribution in [-0.2, 0) is 24.4 Å². The van der Waals surface area contributed by atoms with Gasteiger partial charge in [0.2, 0.25) is 11.0 Å². The van der Waals surface area contributed by atoms with E-state index in [0.717, 1.165) is 37.5 Å². The van der Waals surface area contributed by atoms with Crippen LogP contribution in [-0.4, -0.2) is 33.2 Å². The van der Waals surface area contributed by atoms with Gasteiger partial charge >= 0.3 is 0 Å². The minimum Gasteiger partial charge on any atom is -0.284 e. The molecule has 8 heteroatoms. The molecule has 1 aliphatic carbocycles. The van der Waals surface area contributed by atoms with E-state index in [-0.39, 0.29) is 5.91 Å². The Bertz CT molecular complexity index is 1050. The Balaban J connectivity index is 1.51. The van der Waals surface area contributed by atoms with Crippen LogP contribution in [0.25, 0.3) is 0 Å². The standard InChI is InChI=1S/C22H26N4OS3/c1-16-8-11-20(29-16)14-24(13-12-18-6-4-3-5-7-18)15-25-22(28)30-21(23-25)26(17(2)27)19-9-10-19/h3-8,11,19H,9-10,12-15H2,1-2H3. The van der Waals surface area contributed by atoms with E-state index in [0.29, 0.717) is 16.7 Å². The van der Waals surface area contributed by atoms with Gasteiger partial charge < -0.3 is 0 Å². The second-order valence-corrected chi connectivity index (χ2v) is 10.7. The Labute approximate surface area is 190 Å². The molecule has 1 aliphatic rings. The van der Waals surface area contributed by atoms with E-state index in [2.05, 4.69) is 48.2 Å². The van der Waals surface area contributed by atoms with Crippen LogP contribution >= 0.6 is 34.9 Å². The van der Waals surface area contributed by atoms with Crippen molar-refractivity contribution in [2.45, 2.75) is 52.4 Å². The zero-order valence-electron chi connectivity index (χ0n) is 17.3. The van der Waals surface area contributed by atoms with E-state index < -0.39 is 0 Å². The molecular weight excluding hydrogens is 432 g/mol. The molecule has 0 saturated heterocycles. The molecule has 2 heterocycles. The van der Waals surface area contributed by atoms with Gasteiger partial charge in [-0.15, -0.1) is 16.4 Å². The number of thiophene rings is 1. The maximum absolute atomic E-state index is 12.1. The van der Waals surface area contributed by atoms with Crippen molar-refractivity contribution in [2.24, 2.45) is 0 Å². The van der Waals surface area contributed by atoms with E-state index in [1.54, 1.807) is 6.92 Å². The van der Waals surface area contributed by atoms with Gasteiger partial charge in [-0.2, -0.15) is 0 Å². The molecule has 30 heavy (non-hydrogen) atoms. The Morgan fingerprint density at radius 1 is 1.20 bits per heavy atom. The van der Waals surface area contributed by atoms with Crippen molar-refractivity contribution >= 4 is 45.9 Å². The van der Waals surface area contributed by atoms with E-state index in [9.17, 15) is 4.79 Å². The van der Waals surface area contributed by atoms with Crippen molar-refractivity contribution in [3.8, 4) is 0 Å². The highest BCUT2D eigenvalue weighted by atomic mass is 32.1. The Morgan fingerprint density at radius 3 is 2.60 bits per heavy atom. The third-order valence-corrected chi connectivity index (χ3v) is 7.41. The zero-order valence-corrected chi connectivity index (χ0v) is 19.7. The molecule has 0 aliphatic heterocycles. The highest BCUT2D eigenvalue weighted by Gasteiger charge is 2.34. The number of benzene rings is 1. The smallest absolute Gasteiger partial charge is 0.225 e. The summed E-state index contributed by atoms with van der Waals surface area (Å²) >= 11 is 8.87. The normalized spacial score (nSPS) is 13.7. The van der Waals surface area contributed by atoms with Crippen molar-refractivity contribution in [3.63, 3.8) is 0 Å². The fourth-order valence-corrected chi connectivity index (χ4v) is 5.60. The fraction of sp³-hybridized carbons (Fsp3) is 0.409. The first kappa shape index (κ1) is 21.4. The predicted octanol–water partition coefficient (Wildman–Crippen LogP) is 5.26. The van der Waals surface area contributed by atoms with Crippen LogP contribution in [0.4, 0.5) is 5.13 Å². The van der Waals surface area contributed by atoms with Gasteiger partial charge in [-0.05, 0) is 56.1 Å². The van der Waals surface area contributed by atoms with Gasteiger partial charge in [-0.1, -0.05) is 41.7 Å². The summed E-state index contributed by atoms with van der Waals surface area (Å²) in [7, 11) is 0. The molecule has 0 radical (unpaired) electrons. The largest absolute Gasteiger partial charge is 0.284 e. The summed E-state index contributed by atoms with van der Waals surface area (Å²) in [6, 6.07) is 15.2. The maximum atomic E-state index is 12.1. The van der Waals surface area contributed by atoms with Gasteiger partial charge in [0.25, 0.3) is 0 Å². The molecule has 158 valence electrons. The topological polar surface area (TPSA) is 41.4 Å². The molecule has 1 fully saturated rings. The summed E-state index contributed by atoms with van der Waals surface area (Å²) in [5, 5.41) is 5.46. The van der Waals surface area contributed by atoms with Crippen molar-refractivity contribution in [3.05, 3.63) is 61.7 Å². The van der Waals surface area contributed by atoms with E-state index in [1.807, 2.05) is 27.0 Å². The predicted molar refractivity (Wildman–Crippen MR) is 127 cm³/mol. The summed E-state index contributed by atoms with van der Waals surface area (Å²) in [4.78, 5) is 19.0. The fourth-order valence-electron chi connectivity index (χ4n) is 3.47. The number of carbonyl (C=O) groups excluding carboxylic acids is 1. The van der Waals surface area contributed by atoms with Crippen LogP contribution in [0.5, 0.6) is 0 Å². The van der Waals surface area contributed by atoms with E-state index in [4.69, 9.17) is 17.3 Å². The second kappa shape index (κ2) is 9.51. The molecule has 0 bridgehead atoms. The van der Waals surface area contributed by atoms with Crippen LogP contribution in [0.15, 0.2) is 42.5 Å². The summed E-state index contributed by atoms with van der Waals surface area (Å²) in [5.41, 5.74) is 1.32. The first-order valence-electron chi connectivity index (χ1n) is 10.2. The molecule has 5 nitrogen and oxygen atoms in total. The molecule has 0 spiro atoms. The molecule has 2 aromatic heterocycles. The Kier molecular flexibility index (Phi) is 6.77. The average molecular weight is 459 g/mol. The number of carbonyl (C=O) groups is 1. The Hall–Kier alpha value is -1.87. The van der Waals surface area contributed by atoms with Crippen molar-refractivity contribution in [2.75, 3.05) is 11.4 Å². The molecule has 1 saturated carbocycles. The monoisotopic (exact) mass is 458 g/mol. The second-order valence-electron chi connectivity index (χ2n) is 7.71. The van der Waals surface area contributed by atoms with Gasteiger partial charge in [0.15, 0.2) is 3.95 Å². The lowest BCUT2D eigenvalue weighted by Crippen LogP contribution is -2.31.